The van der Waals surface area contributed by atoms with Crippen molar-refractivity contribution in [1.82, 2.24) is 0 Å². The highest BCUT2D eigenvalue weighted by Gasteiger charge is 2.74. The fourth-order valence-electron chi connectivity index (χ4n) is 4.48. The lowest BCUT2D eigenvalue weighted by Gasteiger charge is -2.42. The van der Waals surface area contributed by atoms with Crippen molar-refractivity contribution in [2.24, 2.45) is 0 Å². The molecule has 184 valence electrons. The number of hydrogen-bond acceptors (Lipinski definition) is 4. The normalized spacial score (nSPS) is 26.0. The SMILES string of the molecule is C=CC1=CCC2(Cl)C(=O)N(c3c(F)c(F)c(F)c(F)c3F)C(=O)C2(Cl)C1c1cccc(OC)c1O. The fraction of sp³-hybridized carbons (Fsp3) is 0.217. The van der Waals surface area contributed by atoms with E-state index in [1.165, 1.54) is 37.5 Å². The summed E-state index contributed by atoms with van der Waals surface area (Å²) in [6, 6.07) is 4.16. The summed E-state index contributed by atoms with van der Waals surface area (Å²) >= 11 is 13.3. The summed E-state index contributed by atoms with van der Waals surface area (Å²) in [5.74, 6) is -17.1. The topological polar surface area (TPSA) is 66.8 Å². The van der Waals surface area contributed by atoms with Gasteiger partial charge in [0.05, 0.1) is 7.11 Å². The second kappa shape index (κ2) is 8.23. The average molecular weight is 534 g/mol. The molecule has 0 saturated carbocycles. The molecule has 0 bridgehead atoms. The number of nitrogens with zero attached hydrogens (tertiary/aromatic N) is 1. The van der Waals surface area contributed by atoms with Crippen molar-refractivity contribution in [3.05, 3.63) is 77.2 Å². The van der Waals surface area contributed by atoms with Crippen LogP contribution >= 0.6 is 23.2 Å². The average Bonchev–Trinajstić information content (AvgIpc) is 2.99. The predicted octanol–water partition coefficient (Wildman–Crippen LogP) is 5.22. The quantitative estimate of drug-likeness (QED) is 0.192. The van der Waals surface area contributed by atoms with Gasteiger partial charge >= 0.3 is 0 Å². The van der Waals surface area contributed by atoms with Crippen molar-refractivity contribution >= 4 is 40.7 Å². The molecule has 2 aromatic rings. The van der Waals surface area contributed by atoms with Crippen LogP contribution in [0.15, 0.2) is 42.5 Å². The number of hydrogen-bond donors (Lipinski definition) is 1. The zero-order chi connectivity index (χ0) is 26.0. The Kier molecular flexibility index (Phi) is 5.88. The Labute approximate surface area is 205 Å². The highest BCUT2D eigenvalue weighted by atomic mass is 35.5. The number of para-hydroxylation sites is 1. The highest BCUT2D eigenvalue weighted by Crippen LogP contribution is 2.61. The summed E-state index contributed by atoms with van der Waals surface area (Å²) in [4.78, 5) is 21.7. The first-order valence-electron chi connectivity index (χ1n) is 9.85. The van der Waals surface area contributed by atoms with E-state index >= 15 is 0 Å². The molecule has 2 amide bonds. The minimum absolute atomic E-state index is 0.0367. The molecule has 0 aromatic heterocycles. The number of rotatable bonds is 4. The predicted molar refractivity (Wildman–Crippen MR) is 116 cm³/mol. The van der Waals surface area contributed by atoms with Gasteiger partial charge in [-0.05, 0) is 18.1 Å². The molecule has 0 radical (unpaired) electrons. The maximum atomic E-state index is 14.6. The summed E-state index contributed by atoms with van der Waals surface area (Å²) in [6.45, 7) is 3.63. The van der Waals surface area contributed by atoms with Crippen LogP contribution in [0.5, 0.6) is 11.5 Å². The van der Waals surface area contributed by atoms with Crippen LogP contribution in [0, 0.1) is 29.1 Å². The number of allylic oxidation sites excluding steroid dienone is 3. The lowest BCUT2D eigenvalue weighted by molar-refractivity contribution is -0.122. The van der Waals surface area contributed by atoms with Gasteiger partial charge in [-0.1, -0.05) is 30.9 Å². The third-order valence-electron chi connectivity index (χ3n) is 6.19. The zero-order valence-electron chi connectivity index (χ0n) is 17.6. The molecule has 0 spiro atoms. The number of methoxy groups -OCH3 is 1. The highest BCUT2D eigenvalue weighted by molar-refractivity contribution is 6.58. The van der Waals surface area contributed by atoms with Crippen LogP contribution in [0.2, 0.25) is 0 Å². The molecule has 3 unspecified atom stereocenters. The van der Waals surface area contributed by atoms with Gasteiger partial charge in [-0.25, -0.2) is 26.9 Å². The van der Waals surface area contributed by atoms with Crippen molar-refractivity contribution in [2.75, 3.05) is 12.0 Å². The number of anilines is 1. The smallest absolute Gasteiger partial charge is 0.258 e. The van der Waals surface area contributed by atoms with Crippen molar-refractivity contribution < 1.29 is 41.4 Å². The molecule has 4 rings (SSSR count). The van der Waals surface area contributed by atoms with Gasteiger partial charge in [0.1, 0.15) is 5.69 Å². The Balaban J connectivity index is 2.02. The van der Waals surface area contributed by atoms with Crippen LogP contribution in [-0.2, 0) is 9.59 Å². The summed E-state index contributed by atoms with van der Waals surface area (Å²) in [6.07, 6.45) is 2.18. The molecule has 1 N–H and O–H groups in total. The molecule has 2 aliphatic rings. The number of phenols is 1. The van der Waals surface area contributed by atoms with Crippen molar-refractivity contribution in [3.8, 4) is 11.5 Å². The summed E-state index contributed by atoms with van der Waals surface area (Å²) in [5.41, 5.74) is -1.66. The van der Waals surface area contributed by atoms with Crippen molar-refractivity contribution in [2.45, 2.75) is 22.1 Å². The number of aromatic hydroxyl groups is 1. The van der Waals surface area contributed by atoms with Crippen molar-refractivity contribution in [3.63, 3.8) is 0 Å². The second-order valence-corrected chi connectivity index (χ2v) is 9.06. The van der Waals surface area contributed by atoms with Crippen LogP contribution in [0.4, 0.5) is 27.6 Å². The maximum Gasteiger partial charge on any atom is 0.258 e. The molecule has 1 aliphatic carbocycles. The van der Waals surface area contributed by atoms with Crippen LogP contribution in [0.3, 0.4) is 0 Å². The van der Waals surface area contributed by atoms with E-state index in [2.05, 4.69) is 6.58 Å². The molecule has 1 fully saturated rings. The second-order valence-electron chi connectivity index (χ2n) is 7.82. The number of amides is 2. The molecule has 12 heteroatoms. The third-order valence-corrected chi connectivity index (χ3v) is 7.60. The number of phenolic OH excluding ortho intramolecular Hbond substituents is 1. The van der Waals surface area contributed by atoms with Gasteiger partial charge in [0.25, 0.3) is 11.8 Å². The summed E-state index contributed by atoms with van der Waals surface area (Å²) in [7, 11) is 1.25. The molecule has 1 saturated heterocycles. The summed E-state index contributed by atoms with van der Waals surface area (Å²) in [5, 5.41) is 10.7. The zero-order valence-corrected chi connectivity index (χ0v) is 19.2. The molecule has 35 heavy (non-hydrogen) atoms. The maximum absolute atomic E-state index is 14.6. The number of benzene rings is 2. The number of carbonyl (C=O) groups is 2. The van der Waals surface area contributed by atoms with Crippen LogP contribution in [0.25, 0.3) is 0 Å². The molecular weight excluding hydrogens is 520 g/mol. The van der Waals surface area contributed by atoms with Gasteiger partial charge in [0, 0.05) is 11.5 Å². The Morgan fingerprint density at radius 3 is 2.17 bits per heavy atom. The largest absolute Gasteiger partial charge is 0.504 e. The monoisotopic (exact) mass is 533 g/mol. The first-order chi connectivity index (χ1) is 16.4. The van der Waals surface area contributed by atoms with Gasteiger partial charge in [0.15, 0.2) is 44.5 Å². The lowest BCUT2D eigenvalue weighted by atomic mass is 9.68. The van der Waals surface area contributed by atoms with Gasteiger partial charge in [0.2, 0.25) is 5.82 Å². The van der Waals surface area contributed by atoms with Gasteiger partial charge < -0.3 is 9.84 Å². The molecular formula is C23H14Cl2F5NO4. The van der Waals surface area contributed by atoms with Crippen LogP contribution in [0.1, 0.15) is 17.9 Å². The van der Waals surface area contributed by atoms with E-state index in [4.69, 9.17) is 27.9 Å². The number of alkyl halides is 2. The van der Waals surface area contributed by atoms with E-state index in [9.17, 15) is 36.6 Å². The van der Waals surface area contributed by atoms with E-state index in [0.717, 1.165) is 0 Å². The van der Waals surface area contributed by atoms with Crippen LogP contribution in [-0.4, -0.2) is 33.8 Å². The number of fused-ring (bicyclic) bond motifs is 1. The fourth-order valence-corrected chi connectivity index (χ4v) is 5.31. The van der Waals surface area contributed by atoms with Gasteiger partial charge in [-0.2, -0.15) is 0 Å². The Morgan fingerprint density at radius 2 is 1.63 bits per heavy atom. The van der Waals surface area contributed by atoms with E-state index in [0.29, 0.717) is 0 Å². The summed E-state index contributed by atoms with van der Waals surface area (Å²) < 4.78 is 75.7. The standard InChI is InChI=1S/C23H14Cl2F5NO4/c1-3-9-7-8-22(24)20(33)31(18-16(29)14(27)13(26)15(28)17(18)30)21(34)23(22,25)12(9)10-5-4-6-11(35-2)19(10)32/h3-7,12,32H,1,8H2,2H3. The van der Waals surface area contributed by atoms with E-state index in [-0.39, 0.29) is 21.8 Å². The molecule has 2 aromatic carbocycles. The Hall–Kier alpha value is -3.11. The molecule has 5 nitrogen and oxygen atoms in total. The third kappa shape index (κ3) is 3.05. The Morgan fingerprint density at radius 1 is 1.06 bits per heavy atom. The molecule has 1 aliphatic heterocycles. The minimum atomic E-state index is -2.58. The van der Waals surface area contributed by atoms with E-state index in [1.54, 1.807) is 0 Å². The minimum Gasteiger partial charge on any atom is -0.504 e. The lowest BCUT2D eigenvalue weighted by Crippen LogP contribution is -2.54. The Bertz CT molecular complexity index is 1320. The molecule has 3 atom stereocenters. The number of imide groups is 1. The van der Waals surface area contributed by atoms with Crippen molar-refractivity contribution in [1.29, 1.82) is 0 Å². The number of halogens is 7. The number of ether oxygens (including phenoxy) is 1. The first-order valence-corrected chi connectivity index (χ1v) is 10.6. The van der Waals surface area contributed by atoms with E-state index in [1.807, 2.05) is 0 Å². The van der Waals surface area contributed by atoms with E-state index < -0.39 is 74.4 Å². The number of carbonyl (C=O) groups excluding carboxylic acids is 2. The van der Waals surface area contributed by atoms with Crippen LogP contribution < -0.4 is 9.64 Å². The van der Waals surface area contributed by atoms with Gasteiger partial charge in [-0.3, -0.25) is 9.59 Å². The molecule has 1 heterocycles. The van der Waals surface area contributed by atoms with Gasteiger partial charge in [-0.15, -0.1) is 23.2 Å². The first kappa shape index (κ1) is 25.0.